The lowest BCUT2D eigenvalue weighted by Crippen LogP contribution is -2.27. The van der Waals surface area contributed by atoms with Gasteiger partial charge in [-0.25, -0.2) is 0 Å². The number of anilines is 1. The molecule has 80 valence electrons. The Kier molecular flexibility index (Phi) is 2.68. The molecule has 1 aliphatic heterocycles. The maximum atomic E-state index is 11.3. The SMILES string of the molecule is CN(C(=O)CCl)c1ccc2c(c1)OCO2. The summed E-state index contributed by atoms with van der Waals surface area (Å²) in [6.45, 7) is 0.228. The summed E-state index contributed by atoms with van der Waals surface area (Å²) in [4.78, 5) is 12.8. The van der Waals surface area contributed by atoms with Crippen molar-refractivity contribution in [2.24, 2.45) is 0 Å². The molecule has 4 nitrogen and oxygen atoms in total. The zero-order valence-electron chi connectivity index (χ0n) is 8.20. The van der Waals surface area contributed by atoms with Gasteiger partial charge in [0.1, 0.15) is 5.88 Å². The summed E-state index contributed by atoms with van der Waals surface area (Å²) < 4.78 is 10.4. The number of benzene rings is 1. The number of halogens is 1. The number of nitrogens with zero attached hydrogens (tertiary/aromatic N) is 1. The van der Waals surface area contributed by atoms with Crippen molar-refractivity contribution in [2.45, 2.75) is 0 Å². The Hall–Kier alpha value is -1.42. The first kappa shape index (κ1) is 10.1. The van der Waals surface area contributed by atoms with E-state index in [2.05, 4.69) is 0 Å². The largest absolute Gasteiger partial charge is 0.454 e. The smallest absolute Gasteiger partial charge is 0.241 e. The highest BCUT2D eigenvalue weighted by Gasteiger charge is 2.16. The van der Waals surface area contributed by atoms with Crippen molar-refractivity contribution >= 4 is 23.2 Å². The molecule has 15 heavy (non-hydrogen) atoms. The van der Waals surface area contributed by atoms with Gasteiger partial charge in [0.15, 0.2) is 11.5 Å². The van der Waals surface area contributed by atoms with Gasteiger partial charge < -0.3 is 14.4 Å². The van der Waals surface area contributed by atoms with Crippen molar-refractivity contribution in [3.05, 3.63) is 18.2 Å². The highest BCUT2D eigenvalue weighted by molar-refractivity contribution is 6.29. The van der Waals surface area contributed by atoms with Crippen LogP contribution in [-0.2, 0) is 4.79 Å². The van der Waals surface area contributed by atoms with E-state index < -0.39 is 0 Å². The molecule has 1 amide bonds. The molecule has 0 unspecified atom stereocenters. The molecule has 0 saturated heterocycles. The fourth-order valence-corrected chi connectivity index (χ4v) is 1.51. The molecule has 1 aliphatic rings. The Bertz CT molecular complexity index is 394. The first-order valence-corrected chi connectivity index (χ1v) is 4.98. The van der Waals surface area contributed by atoms with Crippen molar-refractivity contribution in [1.29, 1.82) is 0 Å². The molecule has 0 atom stereocenters. The summed E-state index contributed by atoms with van der Waals surface area (Å²) in [6, 6.07) is 5.32. The number of fused-ring (bicyclic) bond motifs is 1. The predicted molar refractivity (Wildman–Crippen MR) is 56.7 cm³/mol. The topological polar surface area (TPSA) is 38.8 Å². The lowest BCUT2D eigenvalue weighted by molar-refractivity contribution is -0.116. The van der Waals surface area contributed by atoms with Crippen LogP contribution in [0.4, 0.5) is 5.69 Å². The van der Waals surface area contributed by atoms with E-state index in [0.29, 0.717) is 11.5 Å². The summed E-state index contributed by atoms with van der Waals surface area (Å²) in [5.41, 5.74) is 0.741. The Balaban J connectivity index is 2.26. The standard InChI is InChI=1S/C10H10ClNO3/c1-12(10(13)5-11)7-2-3-8-9(4-7)15-6-14-8/h2-4H,5-6H2,1H3. The van der Waals surface area contributed by atoms with Gasteiger partial charge in [0, 0.05) is 18.8 Å². The molecule has 1 heterocycles. The lowest BCUT2D eigenvalue weighted by atomic mass is 10.2. The molecular formula is C10H10ClNO3. The Morgan fingerprint density at radius 3 is 2.93 bits per heavy atom. The van der Waals surface area contributed by atoms with E-state index in [0.717, 1.165) is 5.69 Å². The molecule has 0 bridgehead atoms. The van der Waals surface area contributed by atoms with Crippen LogP contribution in [-0.4, -0.2) is 25.6 Å². The van der Waals surface area contributed by atoms with Crippen molar-refractivity contribution in [2.75, 3.05) is 24.6 Å². The molecule has 0 saturated carbocycles. The van der Waals surface area contributed by atoms with Gasteiger partial charge in [-0.1, -0.05) is 0 Å². The first-order valence-electron chi connectivity index (χ1n) is 4.44. The predicted octanol–water partition coefficient (Wildman–Crippen LogP) is 1.62. The highest BCUT2D eigenvalue weighted by atomic mass is 35.5. The van der Waals surface area contributed by atoms with Crippen molar-refractivity contribution in [3.8, 4) is 11.5 Å². The van der Waals surface area contributed by atoms with Crippen LogP contribution in [0.5, 0.6) is 11.5 Å². The van der Waals surface area contributed by atoms with Gasteiger partial charge in [-0.05, 0) is 12.1 Å². The molecular weight excluding hydrogens is 218 g/mol. The normalized spacial score (nSPS) is 12.7. The van der Waals surface area contributed by atoms with E-state index in [1.54, 1.807) is 25.2 Å². The van der Waals surface area contributed by atoms with E-state index in [9.17, 15) is 4.79 Å². The van der Waals surface area contributed by atoms with E-state index in [4.69, 9.17) is 21.1 Å². The molecule has 0 spiro atoms. The second-order valence-electron chi connectivity index (χ2n) is 3.12. The van der Waals surface area contributed by atoms with Gasteiger partial charge in [-0.2, -0.15) is 0 Å². The van der Waals surface area contributed by atoms with Crippen LogP contribution >= 0.6 is 11.6 Å². The quantitative estimate of drug-likeness (QED) is 0.721. The number of rotatable bonds is 2. The number of alkyl halides is 1. The zero-order chi connectivity index (χ0) is 10.8. The molecule has 5 heteroatoms. The Morgan fingerprint density at radius 2 is 2.20 bits per heavy atom. The second-order valence-corrected chi connectivity index (χ2v) is 3.39. The zero-order valence-corrected chi connectivity index (χ0v) is 8.95. The monoisotopic (exact) mass is 227 g/mol. The van der Waals surface area contributed by atoms with Crippen LogP contribution < -0.4 is 14.4 Å². The van der Waals surface area contributed by atoms with Gasteiger partial charge in [0.05, 0.1) is 0 Å². The average Bonchev–Trinajstić information content (AvgIpc) is 2.73. The van der Waals surface area contributed by atoms with Crippen molar-refractivity contribution < 1.29 is 14.3 Å². The molecule has 2 rings (SSSR count). The number of ether oxygens (including phenoxy) is 2. The van der Waals surface area contributed by atoms with E-state index in [1.165, 1.54) is 4.90 Å². The van der Waals surface area contributed by atoms with Gasteiger partial charge in [-0.3, -0.25) is 4.79 Å². The summed E-state index contributed by atoms with van der Waals surface area (Å²) in [7, 11) is 1.67. The van der Waals surface area contributed by atoms with Crippen molar-refractivity contribution in [1.82, 2.24) is 0 Å². The minimum absolute atomic E-state index is 0.0368. The third-order valence-corrected chi connectivity index (χ3v) is 2.46. The maximum absolute atomic E-state index is 11.3. The minimum Gasteiger partial charge on any atom is -0.454 e. The number of amides is 1. The second kappa shape index (κ2) is 3.98. The lowest BCUT2D eigenvalue weighted by Gasteiger charge is -2.15. The fourth-order valence-electron chi connectivity index (χ4n) is 1.33. The molecule has 0 fully saturated rings. The van der Waals surface area contributed by atoms with Crippen LogP contribution in [0, 0.1) is 0 Å². The van der Waals surface area contributed by atoms with Gasteiger partial charge in [0.2, 0.25) is 12.7 Å². The fraction of sp³-hybridized carbons (Fsp3) is 0.300. The molecule has 0 radical (unpaired) electrons. The number of carbonyl (C=O) groups excluding carboxylic acids is 1. The van der Waals surface area contributed by atoms with E-state index in [-0.39, 0.29) is 18.6 Å². The maximum Gasteiger partial charge on any atom is 0.241 e. The number of hydrogen-bond donors (Lipinski definition) is 0. The van der Waals surface area contributed by atoms with Gasteiger partial charge in [-0.15, -0.1) is 11.6 Å². The summed E-state index contributed by atoms with van der Waals surface area (Å²) in [5.74, 6) is 1.16. The van der Waals surface area contributed by atoms with E-state index >= 15 is 0 Å². The molecule has 0 aliphatic carbocycles. The van der Waals surface area contributed by atoms with Gasteiger partial charge in [0.25, 0.3) is 0 Å². The van der Waals surface area contributed by atoms with Crippen LogP contribution in [0.25, 0.3) is 0 Å². The summed E-state index contributed by atoms with van der Waals surface area (Å²) >= 11 is 5.47. The van der Waals surface area contributed by atoms with Gasteiger partial charge >= 0.3 is 0 Å². The average molecular weight is 228 g/mol. The molecule has 1 aromatic rings. The minimum atomic E-state index is -0.157. The summed E-state index contributed by atoms with van der Waals surface area (Å²) in [5, 5.41) is 0. The van der Waals surface area contributed by atoms with Crippen LogP contribution in [0.15, 0.2) is 18.2 Å². The Labute approximate surface area is 92.3 Å². The molecule has 0 N–H and O–H groups in total. The van der Waals surface area contributed by atoms with Crippen LogP contribution in [0.2, 0.25) is 0 Å². The number of carbonyl (C=O) groups is 1. The Morgan fingerprint density at radius 1 is 1.47 bits per heavy atom. The number of hydrogen-bond acceptors (Lipinski definition) is 3. The third-order valence-electron chi connectivity index (χ3n) is 2.23. The van der Waals surface area contributed by atoms with Crippen LogP contribution in [0.1, 0.15) is 0 Å². The van der Waals surface area contributed by atoms with Crippen LogP contribution in [0.3, 0.4) is 0 Å². The molecule has 0 aromatic heterocycles. The molecule has 1 aromatic carbocycles. The summed E-state index contributed by atoms with van der Waals surface area (Å²) in [6.07, 6.45) is 0. The highest BCUT2D eigenvalue weighted by Crippen LogP contribution is 2.35. The van der Waals surface area contributed by atoms with Crippen molar-refractivity contribution in [3.63, 3.8) is 0 Å². The third kappa shape index (κ3) is 1.85. The van der Waals surface area contributed by atoms with E-state index in [1.807, 2.05) is 0 Å². The first-order chi connectivity index (χ1) is 7.22.